The molecule has 0 unspecified atom stereocenters. The average molecular weight is 243 g/mol. The number of pyridine rings is 1. The molecule has 0 saturated carbocycles. The predicted molar refractivity (Wildman–Crippen MR) is 64.2 cm³/mol. The molecule has 0 N–H and O–H groups in total. The van der Waals surface area contributed by atoms with Crippen LogP contribution in [0.2, 0.25) is 0 Å². The third-order valence-corrected chi connectivity index (χ3v) is 4.14. The van der Waals surface area contributed by atoms with Crippen molar-refractivity contribution in [3.8, 4) is 0 Å². The summed E-state index contributed by atoms with van der Waals surface area (Å²) >= 11 is 0. The maximum absolute atomic E-state index is 12.1. The molecule has 0 atom stereocenters. The van der Waals surface area contributed by atoms with Crippen LogP contribution in [0.1, 0.15) is 26.3 Å². The number of rotatable bonds is 3. The van der Waals surface area contributed by atoms with Crippen molar-refractivity contribution >= 4 is 13.0 Å². The van der Waals surface area contributed by atoms with Gasteiger partial charge in [0.05, 0.1) is 0 Å². The molecule has 0 bridgehead atoms. The first kappa shape index (κ1) is 13.4. The van der Waals surface area contributed by atoms with Crippen LogP contribution in [0, 0.1) is 0 Å². The van der Waals surface area contributed by atoms with E-state index in [1.807, 2.05) is 6.07 Å². The van der Waals surface area contributed by atoms with Gasteiger partial charge in [-0.3, -0.25) is 4.57 Å². The minimum absolute atomic E-state index is 0.0238. The molecule has 4 nitrogen and oxygen atoms in total. The molecule has 0 aliphatic rings. The second-order valence-electron chi connectivity index (χ2n) is 4.52. The van der Waals surface area contributed by atoms with Crippen LogP contribution >= 0.6 is 7.60 Å². The van der Waals surface area contributed by atoms with Gasteiger partial charge < -0.3 is 9.05 Å². The Morgan fingerprint density at radius 2 is 1.81 bits per heavy atom. The van der Waals surface area contributed by atoms with Crippen molar-refractivity contribution in [3.63, 3.8) is 0 Å². The first-order valence-corrected chi connectivity index (χ1v) is 6.56. The lowest BCUT2D eigenvalue weighted by Crippen LogP contribution is -2.18. The van der Waals surface area contributed by atoms with Crippen LogP contribution in [0.4, 0.5) is 0 Å². The number of nitrogens with zero attached hydrogens (tertiary/aromatic N) is 1. The SMILES string of the molecule is COP(=O)(OC)c1cc(C(C)(C)C)ccn1. The molecule has 0 radical (unpaired) electrons. The predicted octanol–water partition coefficient (Wildman–Crippen LogP) is 2.49. The van der Waals surface area contributed by atoms with Crippen molar-refractivity contribution in [3.05, 3.63) is 23.9 Å². The molecule has 0 spiro atoms. The molecule has 1 heterocycles. The topological polar surface area (TPSA) is 48.4 Å². The van der Waals surface area contributed by atoms with Gasteiger partial charge in [0.15, 0.2) is 5.44 Å². The normalized spacial score (nSPS) is 12.8. The summed E-state index contributed by atoms with van der Waals surface area (Å²) in [7, 11) is -0.527. The van der Waals surface area contributed by atoms with E-state index in [9.17, 15) is 4.57 Å². The highest BCUT2D eigenvalue weighted by molar-refractivity contribution is 7.61. The van der Waals surface area contributed by atoms with Gasteiger partial charge in [-0.2, -0.15) is 0 Å². The lowest BCUT2D eigenvalue weighted by molar-refractivity contribution is 0.286. The Bertz CT molecular complexity index is 404. The molecule has 1 aromatic rings. The smallest absolute Gasteiger partial charge is 0.308 e. The summed E-state index contributed by atoms with van der Waals surface area (Å²) in [6.45, 7) is 6.24. The van der Waals surface area contributed by atoms with E-state index in [0.29, 0.717) is 5.44 Å². The molecule has 0 saturated heterocycles. The monoisotopic (exact) mass is 243 g/mol. The van der Waals surface area contributed by atoms with Gasteiger partial charge in [-0.25, -0.2) is 4.98 Å². The zero-order valence-corrected chi connectivity index (χ0v) is 11.2. The van der Waals surface area contributed by atoms with Crippen LogP contribution < -0.4 is 5.44 Å². The molecule has 16 heavy (non-hydrogen) atoms. The first-order chi connectivity index (χ1) is 7.33. The largest absolute Gasteiger partial charge is 0.379 e. The highest BCUT2D eigenvalue weighted by atomic mass is 31.2. The summed E-state index contributed by atoms with van der Waals surface area (Å²) < 4.78 is 21.9. The lowest BCUT2D eigenvalue weighted by atomic mass is 9.88. The minimum Gasteiger partial charge on any atom is -0.308 e. The fourth-order valence-corrected chi connectivity index (χ4v) is 2.32. The Morgan fingerprint density at radius 3 is 2.25 bits per heavy atom. The zero-order chi connectivity index (χ0) is 12.4. The van der Waals surface area contributed by atoms with Gasteiger partial charge in [0.2, 0.25) is 0 Å². The van der Waals surface area contributed by atoms with E-state index in [2.05, 4.69) is 25.8 Å². The second-order valence-corrected chi connectivity index (χ2v) is 6.70. The Hall–Kier alpha value is -0.700. The summed E-state index contributed by atoms with van der Waals surface area (Å²) in [5, 5.41) is 0. The van der Waals surface area contributed by atoms with Crippen LogP contribution in [-0.2, 0) is 19.0 Å². The Morgan fingerprint density at radius 1 is 1.25 bits per heavy atom. The van der Waals surface area contributed by atoms with Crippen LogP contribution in [0.3, 0.4) is 0 Å². The molecule has 1 rings (SSSR count). The van der Waals surface area contributed by atoms with E-state index in [1.165, 1.54) is 14.2 Å². The van der Waals surface area contributed by atoms with Gasteiger partial charge >= 0.3 is 7.60 Å². The molecule has 0 aliphatic carbocycles. The van der Waals surface area contributed by atoms with Crippen LogP contribution in [0.15, 0.2) is 18.3 Å². The van der Waals surface area contributed by atoms with Crippen molar-refractivity contribution in [1.29, 1.82) is 0 Å². The summed E-state index contributed by atoms with van der Waals surface area (Å²) in [5.74, 6) is 0. The number of hydrogen-bond donors (Lipinski definition) is 0. The lowest BCUT2D eigenvalue weighted by Gasteiger charge is -2.20. The maximum Gasteiger partial charge on any atom is 0.379 e. The summed E-state index contributed by atoms with van der Waals surface area (Å²) in [6.07, 6.45) is 1.63. The van der Waals surface area contributed by atoms with Gasteiger partial charge in [-0.15, -0.1) is 0 Å². The highest BCUT2D eigenvalue weighted by Crippen LogP contribution is 2.44. The van der Waals surface area contributed by atoms with E-state index in [-0.39, 0.29) is 5.41 Å². The first-order valence-electron chi connectivity index (χ1n) is 5.02. The van der Waals surface area contributed by atoms with Gasteiger partial charge in [0, 0.05) is 20.4 Å². The van der Waals surface area contributed by atoms with Crippen LogP contribution in [0.5, 0.6) is 0 Å². The van der Waals surface area contributed by atoms with Crippen LogP contribution in [-0.4, -0.2) is 19.2 Å². The molecule has 0 aliphatic heterocycles. The van der Waals surface area contributed by atoms with E-state index >= 15 is 0 Å². The summed E-state index contributed by atoms with van der Waals surface area (Å²) in [5.41, 5.74) is 1.38. The fourth-order valence-electron chi connectivity index (χ4n) is 1.30. The molecule has 5 heteroatoms. The van der Waals surface area contributed by atoms with E-state index in [1.54, 1.807) is 12.3 Å². The molecule has 90 valence electrons. The summed E-state index contributed by atoms with van der Waals surface area (Å²) in [4.78, 5) is 4.05. The third-order valence-electron chi connectivity index (χ3n) is 2.37. The summed E-state index contributed by atoms with van der Waals surface area (Å²) in [6, 6.07) is 3.67. The number of aromatic nitrogens is 1. The fraction of sp³-hybridized carbons (Fsp3) is 0.545. The molecule has 0 fully saturated rings. The Kier molecular flexibility index (Phi) is 3.89. The molecule has 1 aromatic heterocycles. The van der Waals surface area contributed by atoms with Gasteiger partial charge in [-0.05, 0) is 23.1 Å². The molecule has 0 amide bonds. The van der Waals surface area contributed by atoms with Crippen molar-refractivity contribution in [2.45, 2.75) is 26.2 Å². The van der Waals surface area contributed by atoms with Crippen molar-refractivity contribution in [2.75, 3.05) is 14.2 Å². The molecular weight excluding hydrogens is 225 g/mol. The molecule has 0 aromatic carbocycles. The van der Waals surface area contributed by atoms with Gasteiger partial charge in [0.25, 0.3) is 0 Å². The van der Waals surface area contributed by atoms with Crippen molar-refractivity contribution in [1.82, 2.24) is 4.98 Å². The van der Waals surface area contributed by atoms with Crippen molar-refractivity contribution in [2.24, 2.45) is 0 Å². The van der Waals surface area contributed by atoms with Crippen molar-refractivity contribution < 1.29 is 13.6 Å². The average Bonchev–Trinajstić information content (AvgIpc) is 2.27. The maximum atomic E-state index is 12.1. The van der Waals surface area contributed by atoms with Gasteiger partial charge in [-0.1, -0.05) is 20.8 Å². The quantitative estimate of drug-likeness (QED) is 0.765. The third kappa shape index (κ3) is 2.70. The highest BCUT2D eigenvalue weighted by Gasteiger charge is 2.27. The minimum atomic E-state index is -3.24. The zero-order valence-electron chi connectivity index (χ0n) is 10.4. The number of hydrogen-bond acceptors (Lipinski definition) is 4. The van der Waals surface area contributed by atoms with E-state index in [4.69, 9.17) is 9.05 Å². The van der Waals surface area contributed by atoms with Crippen LogP contribution in [0.25, 0.3) is 0 Å². The Balaban J connectivity index is 3.23. The van der Waals surface area contributed by atoms with E-state index in [0.717, 1.165) is 5.56 Å². The van der Waals surface area contributed by atoms with E-state index < -0.39 is 7.60 Å². The standard InChI is InChI=1S/C11H18NO3P/c1-11(2,3)9-6-7-12-10(8-9)16(13,14-4)15-5/h6-8H,1-5H3. The second kappa shape index (κ2) is 4.66. The molecular formula is C11H18NO3P. The Labute approximate surface area is 96.5 Å². The van der Waals surface area contributed by atoms with Gasteiger partial charge in [0.1, 0.15) is 0 Å².